The molecular weight excluding hydrogens is 254 g/mol. The summed E-state index contributed by atoms with van der Waals surface area (Å²) in [6.45, 7) is 0.907. The van der Waals surface area contributed by atoms with Gasteiger partial charge < -0.3 is 10.8 Å². The first kappa shape index (κ1) is 13.8. The maximum atomic E-state index is 13.3. The largest absolute Gasteiger partial charge is 0.399 e. The zero-order valence-electron chi connectivity index (χ0n) is 8.94. The second-order valence-corrected chi connectivity index (χ2v) is 5.20. The van der Waals surface area contributed by atoms with Crippen molar-refractivity contribution in [2.24, 2.45) is 0 Å². The lowest BCUT2D eigenvalue weighted by molar-refractivity contribution is 0.265. The Morgan fingerprint density at radius 2 is 2.06 bits per heavy atom. The number of nitrogens with two attached hydrogens (primary N) is 1. The minimum Gasteiger partial charge on any atom is -0.399 e. The number of anilines is 1. The van der Waals surface area contributed by atoms with Crippen molar-refractivity contribution in [3.63, 3.8) is 0 Å². The summed E-state index contributed by atoms with van der Waals surface area (Å²) in [5.74, 6) is -2.85. The Hall–Kier alpha value is -1.25. The Balaban J connectivity index is 3.24. The van der Waals surface area contributed by atoms with Crippen LogP contribution in [0, 0.1) is 11.6 Å². The van der Waals surface area contributed by atoms with E-state index in [4.69, 9.17) is 10.8 Å². The van der Waals surface area contributed by atoms with E-state index in [1.807, 2.05) is 4.72 Å². The highest BCUT2D eigenvalue weighted by molar-refractivity contribution is 7.89. The number of aliphatic hydroxyl groups is 1. The molecule has 0 aliphatic carbocycles. The van der Waals surface area contributed by atoms with Crippen LogP contribution in [0.3, 0.4) is 0 Å². The van der Waals surface area contributed by atoms with Crippen molar-refractivity contribution in [3.8, 4) is 0 Å². The van der Waals surface area contributed by atoms with Crippen LogP contribution in [0.25, 0.3) is 0 Å². The summed E-state index contributed by atoms with van der Waals surface area (Å²) in [4.78, 5) is -0.879. The molecule has 17 heavy (non-hydrogen) atoms. The van der Waals surface area contributed by atoms with Gasteiger partial charge in [-0.25, -0.2) is 21.9 Å². The normalized spacial score (nSPS) is 13.6. The van der Waals surface area contributed by atoms with Crippen LogP contribution >= 0.6 is 0 Å². The molecule has 0 aliphatic heterocycles. The van der Waals surface area contributed by atoms with Crippen molar-refractivity contribution in [3.05, 3.63) is 23.8 Å². The molecule has 0 unspecified atom stereocenters. The summed E-state index contributed by atoms with van der Waals surface area (Å²) in [6.07, 6.45) is 0. The SMILES string of the molecule is C[C@@H](CO)NS(=O)(=O)c1cc(N)cc(F)c1F. The van der Waals surface area contributed by atoms with Crippen LogP contribution in [-0.2, 0) is 10.0 Å². The molecule has 0 aromatic heterocycles. The summed E-state index contributed by atoms with van der Waals surface area (Å²) < 4.78 is 51.6. The number of nitrogens with one attached hydrogen (secondary N) is 1. The molecule has 0 bridgehead atoms. The third-order valence-corrected chi connectivity index (χ3v) is 3.53. The standard InChI is InChI=1S/C9H12F2N2O3S/c1-5(4-14)13-17(15,16)8-3-6(12)2-7(10)9(8)11/h2-3,5,13-14H,4,12H2,1H3/t5-/m0/s1. The van der Waals surface area contributed by atoms with E-state index in [9.17, 15) is 17.2 Å². The second-order valence-electron chi connectivity index (χ2n) is 3.52. The van der Waals surface area contributed by atoms with E-state index in [-0.39, 0.29) is 5.69 Å². The van der Waals surface area contributed by atoms with Gasteiger partial charge in [0.1, 0.15) is 4.90 Å². The molecule has 0 fully saturated rings. The topological polar surface area (TPSA) is 92.4 Å². The van der Waals surface area contributed by atoms with E-state index in [1.165, 1.54) is 6.92 Å². The number of aliphatic hydroxyl groups excluding tert-OH is 1. The van der Waals surface area contributed by atoms with Crippen molar-refractivity contribution < 1.29 is 22.3 Å². The Kier molecular flexibility index (Phi) is 4.02. The molecule has 96 valence electrons. The maximum absolute atomic E-state index is 13.3. The van der Waals surface area contributed by atoms with Crippen LogP contribution in [0.15, 0.2) is 17.0 Å². The van der Waals surface area contributed by atoms with Gasteiger partial charge in [-0.15, -0.1) is 0 Å². The van der Waals surface area contributed by atoms with Gasteiger partial charge >= 0.3 is 0 Å². The van der Waals surface area contributed by atoms with Crippen molar-refractivity contribution >= 4 is 15.7 Å². The third kappa shape index (κ3) is 3.11. The highest BCUT2D eigenvalue weighted by Crippen LogP contribution is 2.21. The number of rotatable bonds is 4. The summed E-state index contributed by atoms with van der Waals surface area (Å²) in [7, 11) is -4.25. The van der Waals surface area contributed by atoms with Crippen molar-refractivity contribution in [2.45, 2.75) is 17.9 Å². The number of nitrogen functional groups attached to an aromatic ring is 1. The monoisotopic (exact) mass is 266 g/mol. The Morgan fingerprint density at radius 1 is 1.47 bits per heavy atom. The van der Waals surface area contributed by atoms with E-state index in [1.54, 1.807) is 0 Å². The molecule has 1 rings (SSSR count). The van der Waals surface area contributed by atoms with Gasteiger partial charge in [-0.2, -0.15) is 0 Å². The molecule has 0 saturated carbocycles. The van der Waals surface area contributed by atoms with Crippen LogP contribution in [0.5, 0.6) is 0 Å². The molecule has 1 atom stereocenters. The lowest BCUT2D eigenvalue weighted by Crippen LogP contribution is -2.35. The van der Waals surface area contributed by atoms with E-state index in [2.05, 4.69) is 0 Å². The predicted octanol–water partition coefficient (Wildman–Crippen LogP) is 0.206. The first-order valence-electron chi connectivity index (χ1n) is 4.65. The average Bonchev–Trinajstić information content (AvgIpc) is 2.22. The fourth-order valence-corrected chi connectivity index (χ4v) is 2.50. The fraction of sp³-hybridized carbons (Fsp3) is 0.333. The van der Waals surface area contributed by atoms with Gasteiger partial charge in [0.05, 0.1) is 6.61 Å². The summed E-state index contributed by atoms with van der Waals surface area (Å²) in [5, 5.41) is 8.70. The molecule has 0 aliphatic rings. The zero-order chi connectivity index (χ0) is 13.2. The smallest absolute Gasteiger partial charge is 0.243 e. The molecule has 1 aromatic carbocycles. The highest BCUT2D eigenvalue weighted by Gasteiger charge is 2.24. The molecule has 0 radical (unpaired) electrons. The predicted molar refractivity (Wildman–Crippen MR) is 57.6 cm³/mol. The van der Waals surface area contributed by atoms with Crippen molar-refractivity contribution in [1.29, 1.82) is 0 Å². The molecule has 0 amide bonds. The summed E-state index contributed by atoms with van der Waals surface area (Å²) in [6, 6.07) is 0.679. The Labute approximate surface area is 97.3 Å². The molecule has 1 aromatic rings. The van der Waals surface area contributed by atoms with E-state index in [0.717, 1.165) is 6.07 Å². The summed E-state index contributed by atoms with van der Waals surface area (Å²) in [5.41, 5.74) is 5.03. The van der Waals surface area contributed by atoms with Crippen LogP contribution in [0.2, 0.25) is 0 Å². The van der Waals surface area contributed by atoms with E-state index in [0.29, 0.717) is 6.07 Å². The molecular formula is C9H12F2N2O3S. The van der Waals surface area contributed by atoms with Crippen LogP contribution in [-0.4, -0.2) is 26.2 Å². The minimum atomic E-state index is -4.25. The van der Waals surface area contributed by atoms with Gasteiger partial charge in [-0.1, -0.05) is 0 Å². The van der Waals surface area contributed by atoms with E-state index >= 15 is 0 Å². The lowest BCUT2D eigenvalue weighted by Gasteiger charge is -2.12. The molecule has 8 heteroatoms. The third-order valence-electron chi connectivity index (χ3n) is 1.94. The fourth-order valence-electron chi connectivity index (χ4n) is 1.14. The van der Waals surface area contributed by atoms with Crippen LogP contribution in [0.1, 0.15) is 6.92 Å². The number of hydrogen-bond acceptors (Lipinski definition) is 4. The molecule has 0 heterocycles. The van der Waals surface area contributed by atoms with Gasteiger partial charge in [0, 0.05) is 11.7 Å². The summed E-state index contributed by atoms with van der Waals surface area (Å²) >= 11 is 0. The minimum absolute atomic E-state index is 0.207. The van der Waals surface area contributed by atoms with Gasteiger partial charge in [-0.05, 0) is 19.1 Å². The first-order valence-corrected chi connectivity index (χ1v) is 6.14. The Morgan fingerprint density at radius 3 is 2.59 bits per heavy atom. The second kappa shape index (κ2) is 4.94. The quantitative estimate of drug-likeness (QED) is 0.679. The van der Waals surface area contributed by atoms with Crippen molar-refractivity contribution in [1.82, 2.24) is 4.72 Å². The van der Waals surface area contributed by atoms with E-state index < -0.39 is 39.2 Å². The number of sulfonamides is 1. The first-order chi connectivity index (χ1) is 7.77. The van der Waals surface area contributed by atoms with Gasteiger partial charge in [0.25, 0.3) is 0 Å². The number of hydrogen-bond donors (Lipinski definition) is 3. The molecule has 4 N–H and O–H groups in total. The van der Waals surface area contributed by atoms with Gasteiger partial charge in [0.2, 0.25) is 10.0 Å². The Bertz CT molecular complexity index is 519. The van der Waals surface area contributed by atoms with Crippen LogP contribution < -0.4 is 10.5 Å². The number of halogens is 2. The average molecular weight is 266 g/mol. The van der Waals surface area contributed by atoms with Crippen LogP contribution in [0.4, 0.5) is 14.5 Å². The maximum Gasteiger partial charge on any atom is 0.243 e. The molecule has 0 spiro atoms. The van der Waals surface area contributed by atoms with Gasteiger partial charge in [0.15, 0.2) is 11.6 Å². The highest BCUT2D eigenvalue weighted by atomic mass is 32.2. The lowest BCUT2D eigenvalue weighted by atomic mass is 10.3. The molecule has 5 nitrogen and oxygen atoms in total. The zero-order valence-corrected chi connectivity index (χ0v) is 9.76. The molecule has 0 saturated heterocycles. The van der Waals surface area contributed by atoms with Gasteiger partial charge in [-0.3, -0.25) is 0 Å². The van der Waals surface area contributed by atoms with Crippen molar-refractivity contribution in [2.75, 3.05) is 12.3 Å². The number of benzene rings is 1.